The molecule has 3 heterocycles. The van der Waals surface area contributed by atoms with Crippen molar-refractivity contribution < 1.29 is 9.21 Å². The van der Waals surface area contributed by atoms with E-state index in [-0.39, 0.29) is 5.91 Å². The molecule has 1 aromatic heterocycles. The Morgan fingerprint density at radius 2 is 1.79 bits per heavy atom. The summed E-state index contributed by atoms with van der Waals surface area (Å²) in [6.07, 6.45) is 4.98. The van der Waals surface area contributed by atoms with Crippen molar-refractivity contribution in [2.24, 2.45) is 0 Å². The van der Waals surface area contributed by atoms with Crippen LogP contribution in [0.3, 0.4) is 0 Å². The van der Waals surface area contributed by atoms with Gasteiger partial charge in [-0.1, -0.05) is 30.3 Å². The summed E-state index contributed by atoms with van der Waals surface area (Å²) in [7, 11) is 0. The lowest BCUT2D eigenvalue weighted by Gasteiger charge is -2.33. The van der Waals surface area contributed by atoms with Gasteiger partial charge < -0.3 is 14.6 Å². The van der Waals surface area contributed by atoms with Gasteiger partial charge in [0.05, 0.1) is 6.54 Å². The molecule has 5 heteroatoms. The van der Waals surface area contributed by atoms with Gasteiger partial charge in [0.1, 0.15) is 5.76 Å². The molecule has 1 atom stereocenters. The number of furan rings is 1. The minimum atomic E-state index is -0.107. The first-order chi connectivity index (χ1) is 13.8. The van der Waals surface area contributed by atoms with E-state index in [4.69, 9.17) is 4.42 Å². The average Bonchev–Trinajstić information content (AvgIpc) is 3.41. The van der Waals surface area contributed by atoms with Crippen LogP contribution < -0.4 is 5.32 Å². The van der Waals surface area contributed by atoms with Crippen molar-refractivity contribution in [3.63, 3.8) is 0 Å². The van der Waals surface area contributed by atoms with E-state index in [1.807, 2.05) is 6.07 Å². The average molecular weight is 382 g/mol. The molecule has 1 aromatic carbocycles. The quantitative estimate of drug-likeness (QED) is 0.798. The summed E-state index contributed by atoms with van der Waals surface area (Å²) >= 11 is 0. The fourth-order valence-corrected chi connectivity index (χ4v) is 4.42. The van der Waals surface area contributed by atoms with E-state index in [2.05, 4.69) is 45.4 Å². The second-order valence-corrected chi connectivity index (χ2v) is 8.06. The van der Waals surface area contributed by atoms with Gasteiger partial charge in [-0.15, -0.1) is 0 Å². The van der Waals surface area contributed by atoms with Crippen molar-refractivity contribution in [3.8, 4) is 0 Å². The fourth-order valence-electron chi connectivity index (χ4n) is 4.42. The third-order valence-corrected chi connectivity index (χ3v) is 5.95. The van der Waals surface area contributed by atoms with E-state index in [1.165, 1.54) is 31.2 Å². The molecule has 4 rings (SSSR count). The molecule has 0 bridgehead atoms. The van der Waals surface area contributed by atoms with Gasteiger partial charge in [-0.2, -0.15) is 0 Å². The Balaban J connectivity index is 1.21. The molecule has 0 unspecified atom stereocenters. The van der Waals surface area contributed by atoms with Gasteiger partial charge in [-0.3, -0.25) is 9.69 Å². The lowest BCUT2D eigenvalue weighted by molar-refractivity contribution is 0.0914. The van der Waals surface area contributed by atoms with Crippen LogP contribution in [0, 0.1) is 0 Å². The van der Waals surface area contributed by atoms with Crippen molar-refractivity contribution in [2.45, 2.75) is 38.1 Å². The summed E-state index contributed by atoms with van der Waals surface area (Å²) in [5, 5.41) is 3.02. The number of carbonyl (C=O) groups excluding carboxylic acids is 1. The second-order valence-electron chi connectivity index (χ2n) is 8.06. The number of amides is 1. The highest BCUT2D eigenvalue weighted by Gasteiger charge is 2.21. The van der Waals surface area contributed by atoms with Crippen LogP contribution >= 0.6 is 0 Å². The highest BCUT2D eigenvalue weighted by atomic mass is 16.4. The van der Waals surface area contributed by atoms with Crippen molar-refractivity contribution in [1.82, 2.24) is 15.1 Å². The normalized spacial score (nSPS) is 21.1. The Labute approximate surface area is 167 Å². The predicted octanol–water partition coefficient (Wildman–Crippen LogP) is 3.48. The van der Waals surface area contributed by atoms with Gasteiger partial charge in [0.25, 0.3) is 5.91 Å². The van der Waals surface area contributed by atoms with Crippen LogP contribution in [0.1, 0.15) is 53.5 Å². The summed E-state index contributed by atoms with van der Waals surface area (Å²) in [4.78, 5) is 17.2. The van der Waals surface area contributed by atoms with Crippen molar-refractivity contribution >= 4 is 5.91 Å². The fraction of sp³-hybridized carbons (Fsp3) is 0.522. The zero-order valence-electron chi connectivity index (χ0n) is 16.6. The minimum Gasteiger partial charge on any atom is -0.455 e. The summed E-state index contributed by atoms with van der Waals surface area (Å²) in [5.41, 5.74) is 1.43. The largest absolute Gasteiger partial charge is 0.455 e. The third kappa shape index (κ3) is 5.03. The van der Waals surface area contributed by atoms with Gasteiger partial charge in [0.2, 0.25) is 0 Å². The molecule has 5 nitrogen and oxygen atoms in total. The minimum absolute atomic E-state index is 0.107. The molecule has 0 spiro atoms. The Kier molecular flexibility index (Phi) is 6.45. The lowest BCUT2D eigenvalue weighted by atomic mass is 9.91. The second kappa shape index (κ2) is 9.39. The maximum absolute atomic E-state index is 12.4. The first-order valence-electron chi connectivity index (χ1n) is 10.6. The maximum Gasteiger partial charge on any atom is 0.287 e. The molecule has 1 amide bonds. The number of rotatable bonds is 7. The smallest absolute Gasteiger partial charge is 0.287 e. The zero-order valence-corrected chi connectivity index (χ0v) is 16.6. The van der Waals surface area contributed by atoms with Crippen LogP contribution in [0.5, 0.6) is 0 Å². The molecular weight excluding hydrogens is 350 g/mol. The number of likely N-dealkylation sites (tertiary alicyclic amines) is 2. The Hall–Kier alpha value is -2.11. The highest BCUT2D eigenvalue weighted by Crippen LogP contribution is 2.26. The summed E-state index contributed by atoms with van der Waals surface area (Å²) < 4.78 is 5.76. The Bertz CT molecular complexity index is 752. The molecule has 0 saturated carbocycles. The van der Waals surface area contributed by atoms with Crippen molar-refractivity contribution in [3.05, 3.63) is 59.5 Å². The SMILES string of the molecule is O=C(NCCN1CCC[C@H](c2ccccc2)C1)c1ccc(CN2CCCC2)o1. The summed E-state index contributed by atoms with van der Waals surface area (Å²) in [6, 6.07) is 14.5. The molecule has 0 aliphatic carbocycles. The molecule has 0 radical (unpaired) electrons. The number of hydrogen-bond donors (Lipinski definition) is 1. The standard InChI is InChI=1S/C23H31N3O2/c27-23(22-11-10-21(28-22)18-25-13-4-5-14-25)24-12-16-26-15-6-9-20(17-26)19-7-2-1-3-8-19/h1-3,7-8,10-11,20H,4-6,9,12-18H2,(H,24,27)/t20-/m0/s1. The number of hydrogen-bond acceptors (Lipinski definition) is 4. The first kappa shape index (κ1) is 19.2. The van der Waals surface area contributed by atoms with Gasteiger partial charge in [0, 0.05) is 19.6 Å². The molecule has 2 aliphatic heterocycles. The van der Waals surface area contributed by atoms with E-state index in [9.17, 15) is 4.79 Å². The molecule has 150 valence electrons. The number of nitrogens with one attached hydrogen (secondary N) is 1. The van der Waals surface area contributed by atoms with Gasteiger partial charge in [-0.25, -0.2) is 0 Å². The van der Waals surface area contributed by atoms with Crippen molar-refractivity contribution in [2.75, 3.05) is 39.3 Å². The monoisotopic (exact) mass is 381 g/mol. The Morgan fingerprint density at radius 1 is 1.00 bits per heavy atom. The van der Waals surface area contributed by atoms with Gasteiger partial charge >= 0.3 is 0 Å². The zero-order chi connectivity index (χ0) is 19.2. The summed E-state index contributed by atoms with van der Waals surface area (Å²) in [6.45, 7) is 6.78. The molecule has 1 N–H and O–H groups in total. The van der Waals surface area contributed by atoms with E-state index >= 15 is 0 Å². The first-order valence-corrected chi connectivity index (χ1v) is 10.6. The van der Waals surface area contributed by atoms with E-state index in [0.717, 1.165) is 45.0 Å². The number of piperidine rings is 1. The topological polar surface area (TPSA) is 48.7 Å². The molecule has 28 heavy (non-hydrogen) atoms. The number of carbonyl (C=O) groups is 1. The van der Waals surface area contributed by atoms with Crippen LogP contribution in [0.4, 0.5) is 0 Å². The molecule has 2 aliphatic rings. The predicted molar refractivity (Wildman–Crippen MR) is 110 cm³/mol. The number of benzene rings is 1. The maximum atomic E-state index is 12.4. The van der Waals surface area contributed by atoms with Crippen molar-refractivity contribution in [1.29, 1.82) is 0 Å². The van der Waals surface area contributed by atoms with Gasteiger partial charge in [0.15, 0.2) is 5.76 Å². The summed E-state index contributed by atoms with van der Waals surface area (Å²) in [5.74, 6) is 1.80. The van der Waals surface area contributed by atoms with Crippen LogP contribution in [-0.4, -0.2) is 55.0 Å². The van der Waals surface area contributed by atoms with E-state index in [1.54, 1.807) is 6.07 Å². The lowest BCUT2D eigenvalue weighted by Crippen LogP contribution is -2.40. The van der Waals surface area contributed by atoms with Crippen LogP contribution in [0.15, 0.2) is 46.9 Å². The molecule has 2 fully saturated rings. The number of nitrogens with zero attached hydrogens (tertiary/aromatic N) is 2. The van der Waals surface area contributed by atoms with E-state index < -0.39 is 0 Å². The van der Waals surface area contributed by atoms with Crippen LogP contribution in [0.2, 0.25) is 0 Å². The Morgan fingerprint density at radius 3 is 2.61 bits per heavy atom. The molecule has 2 saturated heterocycles. The molecule has 2 aromatic rings. The highest BCUT2D eigenvalue weighted by molar-refractivity contribution is 5.91. The third-order valence-electron chi connectivity index (χ3n) is 5.95. The van der Waals surface area contributed by atoms with E-state index in [0.29, 0.717) is 18.2 Å². The van der Waals surface area contributed by atoms with Crippen LogP contribution in [0.25, 0.3) is 0 Å². The molecular formula is C23H31N3O2. The van der Waals surface area contributed by atoms with Crippen LogP contribution in [-0.2, 0) is 6.54 Å². The van der Waals surface area contributed by atoms with Gasteiger partial charge in [-0.05, 0) is 68.9 Å².